The smallest absolute Gasteiger partial charge is 0.248 e. The number of rotatable bonds is 2. The number of nitrogens with zero attached hydrogens (tertiary/aromatic N) is 2. The molecule has 0 radical (unpaired) electrons. The van der Waals surface area contributed by atoms with E-state index in [1.807, 2.05) is 24.3 Å². The summed E-state index contributed by atoms with van der Waals surface area (Å²) < 4.78 is 0. The minimum absolute atomic E-state index is 0.0315. The second-order valence-electron chi connectivity index (χ2n) is 19.9. The molecule has 6 heterocycles. The third-order valence-corrected chi connectivity index (χ3v) is 16.6. The molecule has 0 bridgehead atoms. The SMILES string of the molecule is Cc1cccc(C)c1B1c2ccccc2N2c3cc4c(cc3B3c5ccccc5C(=O)c5ccc1c2c53)B1c2ccccc2C(=O)c2ccc3c(c21)N4c1ccccc1B3c1c(C)cccc1C. The first kappa shape index (κ1) is 38.3. The summed E-state index contributed by atoms with van der Waals surface area (Å²) >= 11 is 0. The summed E-state index contributed by atoms with van der Waals surface area (Å²) in [6.45, 7) is 8.48. The van der Waals surface area contributed by atoms with E-state index in [4.69, 9.17) is 0 Å². The first-order chi connectivity index (χ1) is 33.3. The second kappa shape index (κ2) is 13.4. The van der Waals surface area contributed by atoms with Gasteiger partial charge < -0.3 is 9.80 Å². The van der Waals surface area contributed by atoms with Gasteiger partial charge >= 0.3 is 0 Å². The fourth-order valence-electron chi connectivity index (χ4n) is 13.9. The summed E-state index contributed by atoms with van der Waals surface area (Å²) in [5.74, 6) is 0.153. The normalized spacial score (nSPS) is 14.6. The van der Waals surface area contributed by atoms with Crippen LogP contribution >= 0.6 is 0 Å². The lowest BCUT2D eigenvalue weighted by Crippen LogP contribution is -2.70. The molecule has 6 aliphatic heterocycles. The van der Waals surface area contributed by atoms with Gasteiger partial charge in [0, 0.05) is 56.4 Å². The van der Waals surface area contributed by atoms with Gasteiger partial charge in [-0.05, 0) is 89.6 Å². The highest BCUT2D eigenvalue weighted by atomic mass is 16.1. The van der Waals surface area contributed by atoms with E-state index >= 15 is 0 Å². The summed E-state index contributed by atoms with van der Waals surface area (Å²) in [5.41, 5.74) is 29.0. The van der Waals surface area contributed by atoms with Crippen molar-refractivity contribution in [2.24, 2.45) is 0 Å². The fraction of sp³-hybridized carbons (Fsp3) is 0.0667. The molecule has 15 rings (SSSR count). The van der Waals surface area contributed by atoms with Crippen molar-refractivity contribution >= 4 is 138 Å². The Morgan fingerprint density at radius 3 is 1.09 bits per heavy atom. The summed E-state index contributed by atoms with van der Waals surface area (Å²) in [5, 5.41) is 0. The predicted molar refractivity (Wildman–Crippen MR) is 286 cm³/mol. The van der Waals surface area contributed by atoms with Gasteiger partial charge in [-0.15, -0.1) is 0 Å². The molecule has 0 amide bonds. The van der Waals surface area contributed by atoms with Crippen LogP contribution in [0.5, 0.6) is 0 Å². The summed E-state index contributed by atoms with van der Waals surface area (Å²) in [7, 11) is 0. The van der Waals surface area contributed by atoms with Gasteiger partial charge in [-0.2, -0.15) is 0 Å². The van der Waals surface area contributed by atoms with E-state index in [0.29, 0.717) is 0 Å². The molecule has 0 unspecified atom stereocenters. The third-order valence-electron chi connectivity index (χ3n) is 16.6. The highest BCUT2D eigenvalue weighted by Crippen LogP contribution is 2.45. The van der Waals surface area contributed by atoms with Crippen molar-refractivity contribution < 1.29 is 9.59 Å². The van der Waals surface area contributed by atoms with E-state index in [0.717, 1.165) is 78.2 Å². The zero-order valence-electron chi connectivity index (χ0n) is 38.2. The van der Waals surface area contributed by atoms with Crippen LogP contribution in [0.3, 0.4) is 0 Å². The molecule has 0 saturated carbocycles. The van der Waals surface area contributed by atoms with Crippen LogP contribution in [0.25, 0.3) is 0 Å². The van der Waals surface area contributed by atoms with Crippen LogP contribution in [-0.4, -0.2) is 38.4 Å². The van der Waals surface area contributed by atoms with Crippen molar-refractivity contribution in [1.29, 1.82) is 0 Å². The molecule has 8 heteroatoms. The number of para-hydroxylation sites is 2. The molecule has 9 aromatic rings. The Bertz CT molecular complexity index is 3570. The molecule has 314 valence electrons. The highest BCUT2D eigenvalue weighted by Gasteiger charge is 2.52. The fourth-order valence-corrected chi connectivity index (χ4v) is 13.9. The van der Waals surface area contributed by atoms with Crippen LogP contribution < -0.4 is 75.4 Å². The van der Waals surface area contributed by atoms with Crippen LogP contribution in [-0.2, 0) is 0 Å². The van der Waals surface area contributed by atoms with Crippen molar-refractivity contribution in [1.82, 2.24) is 0 Å². The minimum atomic E-state index is -0.205. The molecule has 0 spiro atoms. The maximum absolute atomic E-state index is 14.9. The molecule has 68 heavy (non-hydrogen) atoms. The number of aryl methyl sites for hydroxylation is 4. The monoisotopic (exact) mass is 864 g/mol. The Hall–Kier alpha value is -7.82. The molecule has 6 aliphatic rings. The number of carbonyl (C=O) groups is 2. The Morgan fingerprint density at radius 2 is 0.662 bits per heavy atom. The third kappa shape index (κ3) is 4.65. The van der Waals surface area contributed by atoms with Crippen LogP contribution in [0, 0.1) is 27.7 Å². The quantitative estimate of drug-likeness (QED) is 0.244. The van der Waals surface area contributed by atoms with Gasteiger partial charge in [-0.1, -0.05) is 196 Å². The number of anilines is 6. The van der Waals surface area contributed by atoms with Crippen LogP contribution in [0.15, 0.2) is 170 Å². The minimum Gasteiger partial charge on any atom is -0.312 e. The highest BCUT2D eigenvalue weighted by molar-refractivity contribution is 7.06. The van der Waals surface area contributed by atoms with Crippen molar-refractivity contribution in [3.63, 3.8) is 0 Å². The molecular formula is C60H40B4N2O2. The van der Waals surface area contributed by atoms with E-state index in [2.05, 4.69) is 183 Å². The number of benzene rings is 9. The molecule has 0 aliphatic carbocycles. The first-order valence-electron chi connectivity index (χ1n) is 24.0. The van der Waals surface area contributed by atoms with Gasteiger partial charge in [-0.3, -0.25) is 9.59 Å². The number of ketones is 2. The van der Waals surface area contributed by atoms with Gasteiger partial charge in [0.2, 0.25) is 26.9 Å². The van der Waals surface area contributed by atoms with Crippen molar-refractivity contribution in [2.75, 3.05) is 9.80 Å². The Morgan fingerprint density at radius 1 is 0.294 bits per heavy atom. The Balaban J connectivity index is 1.08. The van der Waals surface area contributed by atoms with E-state index in [1.54, 1.807) is 0 Å². The lowest BCUT2D eigenvalue weighted by molar-refractivity contribution is 0.103. The standard InChI is InChI=1S/C60H40B4N2O2/c1-33-15-13-16-34(2)53(33)63-43-23-9-11-25-49(43)65-51-32-52-48(31-47(51)61-41-21-7-5-19-37(41)59(67)39-27-29-45(63)57(65)55(39)61)62-42-22-8-6-20-38(42)60(68)40-28-30-46-58(56(40)62)66(52)50-26-12-10-24-44(50)64(46)54-35(3)17-14-18-36(54)4/h5-32H,1-4H3. The summed E-state index contributed by atoms with van der Waals surface area (Å²) in [4.78, 5) is 34.9. The zero-order valence-corrected chi connectivity index (χ0v) is 38.2. The van der Waals surface area contributed by atoms with Crippen LogP contribution in [0.2, 0.25) is 0 Å². The number of carbonyl (C=O) groups excluding carboxylic acids is 2. The average Bonchev–Trinajstić information content (AvgIpc) is 3.36. The lowest BCUT2D eigenvalue weighted by Gasteiger charge is -2.49. The molecule has 0 N–H and O–H groups in total. The average molecular weight is 864 g/mol. The van der Waals surface area contributed by atoms with Gasteiger partial charge in [0.1, 0.15) is 0 Å². The van der Waals surface area contributed by atoms with Crippen molar-refractivity contribution in [3.05, 3.63) is 214 Å². The Labute approximate surface area is 397 Å². The molecule has 0 atom stereocenters. The molecular weight excluding hydrogens is 824 g/mol. The second-order valence-corrected chi connectivity index (χ2v) is 19.9. The van der Waals surface area contributed by atoms with E-state index in [9.17, 15) is 9.59 Å². The largest absolute Gasteiger partial charge is 0.312 e. The van der Waals surface area contributed by atoms with Gasteiger partial charge in [-0.25, -0.2) is 0 Å². The van der Waals surface area contributed by atoms with Gasteiger partial charge in [0.15, 0.2) is 11.6 Å². The van der Waals surface area contributed by atoms with E-state index in [1.165, 1.54) is 66.0 Å². The zero-order chi connectivity index (χ0) is 45.4. The van der Waals surface area contributed by atoms with Crippen molar-refractivity contribution in [2.45, 2.75) is 27.7 Å². The summed E-state index contributed by atoms with van der Waals surface area (Å²) in [6.07, 6.45) is 0. The maximum atomic E-state index is 14.9. The predicted octanol–water partition coefficient (Wildman–Crippen LogP) is 4.27. The van der Waals surface area contributed by atoms with E-state index in [-0.39, 0.29) is 38.4 Å². The molecule has 0 aromatic heterocycles. The molecule has 9 aromatic carbocycles. The number of fused-ring (bicyclic) bond motifs is 14. The first-order valence-corrected chi connectivity index (χ1v) is 24.0. The molecule has 4 nitrogen and oxygen atoms in total. The van der Waals surface area contributed by atoms with Crippen LogP contribution in [0.4, 0.5) is 34.1 Å². The lowest BCUT2D eigenvalue weighted by atomic mass is 9.26. The summed E-state index contributed by atoms with van der Waals surface area (Å²) in [6, 6.07) is 61.5. The molecule has 0 fully saturated rings. The van der Waals surface area contributed by atoms with Gasteiger partial charge in [0.05, 0.1) is 0 Å². The topological polar surface area (TPSA) is 40.6 Å². The van der Waals surface area contributed by atoms with Crippen LogP contribution in [0.1, 0.15) is 54.1 Å². The maximum Gasteiger partial charge on any atom is 0.248 e. The van der Waals surface area contributed by atoms with E-state index < -0.39 is 0 Å². The Kier molecular flexibility index (Phi) is 7.56. The number of hydrogen-bond acceptors (Lipinski definition) is 4. The van der Waals surface area contributed by atoms with Crippen molar-refractivity contribution in [3.8, 4) is 0 Å². The number of hydrogen-bond donors (Lipinski definition) is 0. The van der Waals surface area contributed by atoms with Gasteiger partial charge in [0.25, 0.3) is 0 Å². The molecule has 0 saturated heterocycles.